The molecule has 1 amide bonds. The van der Waals surface area contributed by atoms with Gasteiger partial charge in [0.2, 0.25) is 11.6 Å². The number of anilines is 2. The number of sulfonamides is 1. The number of amides is 1. The van der Waals surface area contributed by atoms with Crippen LogP contribution in [0.2, 0.25) is 0 Å². The van der Waals surface area contributed by atoms with E-state index in [1.165, 1.54) is 12.1 Å². The fourth-order valence-corrected chi connectivity index (χ4v) is 3.36. The number of carbonyl (C=O) groups excluding carboxylic acids is 1. The maximum Gasteiger partial charge on any atom is 0.356 e. The van der Waals surface area contributed by atoms with E-state index in [1.807, 2.05) is 11.8 Å². The molecule has 3 rings (SSSR count). The van der Waals surface area contributed by atoms with Crippen molar-refractivity contribution in [1.82, 2.24) is 20.2 Å². The highest BCUT2D eigenvalue weighted by molar-refractivity contribution is 7.89. The van der Waals surface area contributed by atoms with E-state index < -0.39 is 32.4 Å². The number of nitrogens with one attached hydrogen (secondary N) is 4. The summed E-state index contributed by atoms with van der Waals surface area (Å²) in [6.07, 6.45) is 0.968. The molecule has 0 fully saturated rings. The molecular formula is C19H19N7O5S. The van der Waals surface area contributed by atoms with Gasteiger partial charge in [0, 0.05) is 5.56 Å². The highest BCUT2D eigenvalue weighted by atomic mass is 32.2. The van der Waals surface area contributed by atoms with Gasteiger partial charge in [-0.1, -0.05) is 35.4 Å². The Morgan fingerprint density at radius 3 is 2.00 bits per heavy atom. The minimum atomic E-state index is -4.03. The zero-order valence-electron chi connectivity index (χ0n) is 17.0. The number of carbonyl (C=O) groups is 1. The minimum Gasteiger partial charge on any atom is -0.286 e. The molecule has 0 aliphatic carbocycles. The van der Waals surface area contributed by atoms with Crippen molar-refractivity contribution in [3.8, 4) is 0 Å². The normalized spacial score (nSPS) is 10.9. The van der Waals surface area contributed by atoms with Crippen molar-refractivity contribution < 1.29 is 18.1 Å². The number of aryl methyl sites for hydroxylation is 2. The molecule has 2 aromatic carbocycles. The van der Waals surface area contributed by atoms with E-state index in [0.717, 1.165) is 17.5 Å². The molecular weight excluding hydrogens is 438 g/mol. The van der Waals surface area contributed by atoms with E-state index in [4.69, 9.17) is 0 Å². The van der Waals surface area contributed by atoms with Gasteiger partial charge in [0.25, 0.3) is 15.9 Å². The molecule has 166 valence electrons. The van der Waals surface area contributed by atoms with Gasteiger partial charge in [0.05, 0.1) is 9.82 Å². The van der Waals surface area contributed by atoms with Crippen LogP contribution >= 0.6 is 0 Å². The van der Waals surface area contributed by atoms with Crippen LogP contribution in [0.5, 0.6) is 0 Å². The van der Waals surface area contributed by atoms with Crippen molar-refractivity contribution in [3.63, 3.8) is 0 Å². The Hall–Kier alpha value is -4.10. The second-order valence-electron chi connectivity index (χ2n) is 6.67. The van der Waals surface area contributed by atoms with Crippen LogP contribution in [0, 0.1) is 24.0 Å². The Bertz CT molecular complexity index is 1250. The summed E-state index contributed by atoms with van der Waals surface area (Å²) in [5.74, 6) is -1.32. The van der Waals surface area contributed by atoms with E-state index in [0.29, 0.717) is 5.56 Å². The first kappa shape index (κ1) is 22.6. The molecule has 32 heavy (non-hydrogen) atoms. The molecule has 0 saturated carbocycles. The standard InChI is InChI=1S/C19H19N7O5S/c1-12-3-7-14(8-4-12)19(27)24-22-17-16(26(28)29)18(21-11-20-17)23-25-32(30,31)15-9-5-13(2)6-10-15/h3-11,25H,1-2H3,(H,24,27)(H2,20,21,22,23). The van der Waals surface area contributed by atoms with Gasteiger partial charge < -0.3 is 0 Å². The number of hydrogen-bond acceptors (Lipinski definition) is 9. The first-order valence-corrected chi connectivity index (χ1v) is 10.6. The largest absolute Gasteiger partial charge is 0.356 e. The summed E-state index contributed by atoms with van der Waals surface area (Å²) in [4.78, 5) is 32.5. The lowest BCUT2D eigenvalue weighted by Gasteiger charge is -2.12. The van der Waals surface area contributed by atoms with Crippen LogP contribution in [0.15, 0.2) is 59.8 Å². The van der Waals surface area contributed by atoms with Gasteiger partial charge in [0.15, 0.2) is 0 Å². The van der Waals surface area contributed by atoms with Crippen molar-refractivity contribution >= 4 is 33.3 Å². The molecule has 1 aromatic heterocycles. The Morgan fingerprint density at radius 2 is 1.44 bits per heavy atom. The van der Waals surface area contributed by atoms with E-state index in [9.17, 15) is 23.3 Å². The van der Waals surface area contributed by atoms with Crippen LogP contribution in [0.25, 0.3) is 0 Å². The Balaban J connectivity index is 1.77. The van der Waals surface area contributed by atoms with Crippen LogP contribution in [0.3, 0.4) is 0 Å². The predicted octanol–water partition coefficient (Wildman–Crippen LogP) is 2.06. The molecule has 3 aromatic rings. The molecule has 4 N–H and O–H groups in total. The molecule has 0 atom stereocenters. The van der Waals surface area contributed by atoms with Gasteiger partial charge in [-0.15, -0.1) is 4.83 Å². The maximum atomic E-state index is 12.4. The highest BCUT2D eigenvalue weighted by Gasteiger charge is 2.25. The SMILES string of the molecule is Cc1ccc(C(=O)NNc2ncnc(NNS(=O)(=O)c3ccc(C)cc3)c2[N+](=O)[O-])cc1. The number of nitrogens with zero attached hydrogens (tertiary/aromatic N) is 3. The smallest absolute Gasteiger partial charge is 0.286 e. The van der Waals surface area contributed by atoms with E-state index in [-0.39, 0.29) is 10.7 Å². The summed E-state index contributed by atoms with van der Waals surface area (Å²) < 4.78 is 24.8. The molecule has 0 saturated heterocycles. The Morgan fingerprint density at radius 1 is 0.906 bits per heavy atom. The number of benzene rings is 2. The quantitative estimate of drug-likeness (QED) is 0.292. The lowest BCUT2D eigenvalue weighted by atomic mass is 10.1. The fourth-order valence-electron chi connectivity index (χ4n) is 2.52. The van der Waals surface area contributed by atoms with E-state index in [2.05, 4.69) is 26.2 Å². The Kier molecular flexibility index (Phi) is 6.61. The highest BCUT2D eigenvalue weighted by Crippen LogP contribution is 2.28. The summed E-state index contributed by atoms with van der Waals surface area (Å²) in [5.41, 5.74) is 8.39. The molecule has 0 radical (unpaired) electrons. The predicted molar refractivity (Wildman–Crippen MR) is 116 cm³/mol. The molecule has 1 heterocycles. The molecule has 0 bridgehead atoms. The van der Waals surface area contributed by atoms with Crippen molar-refractivity contribution in [3.05, 3.63) is 81.7 Å². The molecule has 12 nitrogen and oxygen atoms in total. The van der Waals surface area contributed by atoms with Crippen molar-refractivity contribution in [2.45, 2.75) is 18.7 Å². The van der Waals surface area contributed by atoms with E-state index >= 15 is 0 Å². The monoisotopic (exact) mass is 457 g/mol. The summed E-state index contributed by atoms with van der Waals surface area (Å²) in [6, 6.07) is 12.7. The topological polar surface area (TPSA) is 168 Å². The minimum absolute atomic E-state index is 0.0454. The van der Waals surface area contributed by atoms with E-state index in [1.54, 1.807) is 43.3 Å². The number of aromatic nitrogens is 2. The molecule has 0 unspecified atom stereocenters. The van der Waals surface area contributed by atoms with Crippen LogP contribution in [-0.4, -0.2) is 29.2 Å². The fraction of sp³-hybridized carbons (Fsp3) is 0.105. The first-order valence-electron chi connectivity index (χ1n) is 9.14. The van der Waals surface area contributed by atoms with Gasteiger partial charge in [0.1, 0.15) is 6.33 Å². The van der Waals surface area contributed by atoms with Gasteiger partial charge in [-0.2, -0.15) is 0 Å². The Labute approximate surface area is 183 Å². The third kappa shape index (κ3) is 5.33. The zero-order chi connectivity index (χ0) is 23.3. The number of nitro groups is 1. The first-order chi connectivity index (χ1) is 15.2. The summed E-state index contributed by atoms with van der Waals surface area (Å²) in [5, 5.41) is 11.6. The van der Waals surface area contributed by atoms with Crippen LogP contribution < -0.4 is 21.1 Å². The number of hydrogen-bond donors (Lipinski definition) is 4. The summed E-state index contributed by atoms with van der Waals surface area (Å²) >= 11 is 0. The van der Waals surface area contributed by atoms with Crippen molar-refractivity contribution in [2.75, 3.05) is 10.9 Å². The third-order valence-corrected chi connectivity index (χ3v) is 5.51. The summed E-state index contributed by atoms with van der Waals surface area (Å²) in [7, 11) is -4.03. The molecule has 0 aliphatic heterocycles. The van der Waals surface area contributed by atoms with Gasteiger partial charge in [-0.05, 0) is 38.1 Å². The zero-order valence-corrected chi connectivity index (χ0v) is 17.8. The third-order valence-electron chi connectivity index (χ3n) is 4.25. The molecule has 0 aliphatic rings. The molecule has 13 heteroatoms. The summed E-state index contributed by atoms with van der Waals surface area (Å²) in [6.45, 7) is 3.67. The van der Waals surface area contributed by atoms with Crippen molar-refractivity contribution in [2.24, 2.45) is 0 Å². The van der Waals surface area contributed by atoms with Gasteiger partial charge in [-0.3, -0.25) is 31.2 Å². The van der Waals surface area contributed by atoms with Crippen LogP contribution in [0.1, 0.15) is 21.5 Å². The van der Waals surface area contributed by atoms with Crippen LogP contribution in [-0.2, 0) is 10.0 Å². The number of rotatable bonds is 8. The number of hydrazine groups is 2. The van der Waals surface area contributed by atoms with Gasteiger partial charge >= 0.3 is 5.69 Å². The molecule has 0 spiro atoms. The average molecular weight is 457 g/mol. The second kappa shape index (κ2) is 9.36. The lowest BCUT2D eigenvalue weighted by molar-refractivity contribution is -0.383. The van der Waals surface area contributed by atoms with Gasteiger partial charge in [-0.25, -0.2) is 18.4 Å². The lowest BCUT2D eigenvalue weighted by Crippen LogP contribution is -2.32. The van der Waals surface area contributed by atoms with Crippen LogP contribution in [0.4, 0.5) is 17.3 Å². The maximum absolute atomic E-state index is 12.4. The average Bonchev–Trinajstić information content (AvgIpc) is 2.76. The second-order valence-corrected chi connectivity index (χ2v) is 8.35. The van der Waals surface area contributed by atoms with Crippen molar-refractivity contribution in [1.29, 1.82) is 0 Å².